The molecule has 0 aromatic heterocycles. The number of hydrogen-bond acceptors (Lipinski definition) is 2. The van der Waals surface area contributed by atoms with Crippen LogP contribution < -0.4 is 10.1 Å². The predicted octanol–water partition coefficient (Wildman–Crippen LogP) is 4.80. The molecule has 0 aliphatic heterocycles. The smallest absolute Gasteiger partial charge is 0.255 e. The van der Waals surface area contributed by atoms with Gasteiger partial charge in [-0.1, -0.05) is 24.6 Å². The topological polar surface area (TPSA) is 38.3 Å². The number of benzene rings is 2. The molecule has 2 rings (SSSR count). The molecule has 2 aromatic rings. The Kier molecular flexibility index (Phi) is 5.39. The fourth-order valence-corrected chi connectivity index (χ4v) is 2.30. The monoisotopic (exact) mass is 347 g/mol. The van der Waals surface area contributed by atoms with Crippen LogP contribution >= 0.6 is 15.9 Å². The Labute approximate surface area is 133 Å². The lowest BCUT2D eigenvalue weighted by molar-refractivity contribution is 0.102. The molecule has 3 nitrogen and oxygen atoms in total. The zero-order chi connectivity index (χ0) is 15.2. The summed E-state index contributed by atoms with van der Waals surface area (Å²) in [6, 6.07) is 13.1. The Balaban J connectivity index is 2.08. The first-order valence-corrected chi connectivity index (χ1v) is 7.70. The molecule has 0 fully saturated rings. The number of aryl methyl sites for hydroxylation is 1. The third kappa shape index (κ3) is 4.33. The normalized spacial score (nSPS) is 10.2. The SMILES string of the molecule is CCCOc1ccc(C(=O)Nc2ccc(C)cc2)cc1Br. The van der Waals surface area contributed by atoms with Crippen molar-refractivity contribution >= 4 is 27.5 Å². The van der Waals surface area contributed by atoms with Gasteiger partial charge in [-0.2, -0.15) is 0 Å². The van der Waals surface area contributed by atoms with Gasteiger partial charge in [0.25, 0.3) is 5.91 Å². The molecule has 0 spiro atoms. The third-order valence-electron chi connectivity index (χ3n) is 2.97. The predicted molar refractivity (Wildman–Crippen MR) is 89.1 cm³/mol. The zero-order valence-electron chi connectivity index (χ0n) is 12.2. The van der Waals surface area contributed by atoms with Crippen LogP contribution in [-0.2, 0) is 0 Å². The Morgan fingerprint density at radius 2 is 1.90 bits per heavy atom. The van der Waals surface area contributed by atoms with Gasteiger partial charge in [0.15, 0.2) is 0 Å². The van der Waals surface area contributed by atoms with Crippen molar-refractivity contribution in [3.63, 3.8) is 0 Å². The van der Waals surface area contributed by atoms with Crippen LogP contribution in [-0.4, -0.2) is 12.5 Å². The van der Waals surface area contributed by atoms with Crippen molar-refractivity contribution in [1.29, 1.82) is 0 Å². The van der Waals surface area contributed by atoms with Crippen LogP contribution in [0.1, 0.15) is 29.3 Å². The Morgan fingerprint density at radius 3 is 2.52 bits per heavy atom. The van der Waals surface area contributed by atoms with E-state index in [0.717, 1.165) is 27.9 Å². The highest BCUT2D eigenvalue weighted by Gasteiger charge is 2.09. The van der Waals surface area contributed by atoms with Gasteiger partial charge in [0.05, 0.1) is 11.1 Å². The van der Waals surface area contributed by atoms with E-state index in [-0.39, 0.29) is 5.91 Å². The van der Waals surface area contributed by atoms with Gasteiger partial charge in [-0.25, -0.2) is 0 Å². The molecule has 1 N–H and O–H groups in total. The summed E-state index contributed by atoms with van der Waals surface area (Å²) in [6.07, 6.45) is 0.947. The molecular formula is C17H18BrNO2. The van der Waals surface area contributed by atoms with Crippen LogP contribution in [0.4, 0.5) is 5.69 Å². The van der Waals surface area contributed by atoms with Gasteiger partial charge in [-0.3, -0.25) is 4.79 Å². The van der Waals surface area contributed by atoms with E-state index >= 15 is 0 Å². The molecule has 0 radical (unpaired) electrons. The summed E-state index contributed by atoms with van der Waals surface area (Å²) in [6.45, 7) is 4.72. The standard InChI is InChI=1S/C17H18BrNO2/c1-3-10-21-16-9-6-13(11-15(16)18)17(20)19-14-7-4-12(2)5-8-14/h4-9,11H,3,10H2,1-2H3,(H,19,20). The molecule has 0 aliphatic carbocycles. The number of hydrogen-bond donors (Lipinski definition) is 1. The molecule has 0 atom stereocenters. The number of nitrogens with one attached hydrogen (secondary N) is 1. The van der Waals surface area contributed by atoms with E-state index in [0.29, 0.717) is 12.2 Å². The van der Waals surface area contributed by atoms with Crippen molar-refractivity contribution in [3.8, 4) is 5.75 Å². The minimum absolute atomic E-state index is 0.137. The molecule has 0 saturated carbocycles. The zero-order valence-corrected chi connectivity index (χ0v) is 13.7. The summed E-state index contributed by atoms with van der Waals surface area (Å²) in [7, 11) is 0. The largest absolute Gasteiger partial charge is 0.492 e. The fraction of sp³-hybridized carbons (Fsp3) is 0.235. The van der Waals surface area contributed by atoms with Crippen LogP contribution in [0.5, 0.6) is 5.75 Å². The molecule has 0 saturated heterocycles. The molecule has 0 bridgehead atoms. The second-order valence-corrected chi connectivity index (χ2v) is 5.67. The van der Waals surface area contributed by atoms with Crippen LogP contribution in [0.3, 0.4) is 0 Å². The maximum atomic E-state index is 12.2. The van der Waals surface area contributed by atoms with E-state index in [2.05, 4.69) is 28.2 Å². The highest BCUT2D eigenvalue weighted by molar-refractivity contribution is 9.10. The van der Waals surface area contributed by atoms with Crippen LogP contribution in [0.2, 0.25) is 0 Å². The number of anilines is 1. The molecule has 4 heteroatoms. The molecule has 110 valence electrons. The number of ether oxygens (including phenoxy) is 1. The van der Waals surface area contributed by atoms with E-state index in [1.165, 1.54) is 0 Å². The molecule has 21 heavy (non-hydrogen) atoms. The number of carbonyl (C=O) groups excluding carboxylic acids is 1. The fourth-order valence-electron chi connectivity index (χ4n) is 1.81. The Morgan fingerprint density at radius 1 is 1.19 bits per heavy atom. The number of rotatable bonds is 5. The summed E-state index contributed by atoms with van der Waals surface area (Å²) >= 11 is 3.44. The first-order valence-electron chi connectivity index (χ1n) is 6.90. The average Bonchev–Trinajstić information content (AvgIpc) is 2.48. The van der Waals surface area contributed by atoms with Gasteiger partial charge in [-0.15, -0.1) is 0 Å². The summed E-state index contributed by atoms with van der Waals surface area (Å²) in [5, 5.41) is 2.87. The van der Waals surface area contributed by atoms with Gasteiger partial charge in [0, 0.05) is 11.3 Å². The van der Waals surface area contributed by atoms with Gasteiger partial charge in [0.1, 0.15) is 5.75 Å². The van der Waals surface area contributed by atoms with E-state index in [1.807, 2.05) is 37.3 Å². The van der Waals surface area contributed by atoms with Gasteiger partial charge < -0.3 is 10.1 Å². The molecule has 0 heterocycles. The average molecular weight is 348 g/mol. The lowest BCUT2D eigenvalue weighted by Gasteiger charge is -2.09. The maximum Gasteiger partial charge on any atom is 0.255 e. The van der Waals surface area contributed by atoms with E-state index in [9.17, 15) is 4.79 Å². The van der Waals surface area contributed by atoms with Crippen LogP contribution in [0.25, 0.3) is 0 Å². The van der Waals surface area contributed by atoms with Crippen molar-refractivity contribution in [3.05, 3.63) is 58.1 Å². The van der Waals surface area contributed by atoms with Crippen molar-refractivity contribution in [2.75, 3.05) is 11.9 Å². The first-order chi connectivity index (χ1) is 10.1. The van der Waals surface area contributed by atoms with Crippen molar-refractivity contribution < 1.29 is 9.53 Å². The lowest BCUT2D eigenvalue weighted by Crippen LogP contribution is -2.12. The summed E-state index contributed by atoms with van der Waals surface area (Å²) < 4.78 is 6.36. The van der Waals surface area contributed by atoms with E-state index in [1.54, 1.807) is 12.1 Å². The third-order valence-corrected chi connectivity index (χ3v) is 3.58. The minimum atomic E-state index is -0.137. The summed E-state index contributed by atoms with van der Waals surface area (Å²) in [5.41, 5.74) is 2.53. The van der Waals surface area contributed by atoms with E-state index < -0.39 is 0 Å². The highest BCUT2D eigenvalue weighted by atomic mass is 79.9. The van der Waals surface area contributed by atoms with Crippen molar-refractivity contribution in [2.45, 2.75) is 20.3 Å². The minimum Gasteiger partial charge on any atom is -0.492 e. The highest BCUT2D eigenvalue weighted by Crippen LogP contribution is 2.26. The number of amides is 1. The number of halogens is 1. The van der Waals surface area contributed by atoms with Crippen LogP contribution in [0, 0.1) is 6.92 Å². The Bertz CT molecular complexity index is 623. The maximum absolute atomic E-state index is 12.2. The Hall–Kier alpha value is -1.81. The second kappa shape index (κ2) is 7.27. The van der Waals surface area contributed by atoms with Crippen molar-refractivity contribution in [1.82, 2.24) is 0 Å². The molecule has 0 aliphatic rings. The summed E-state index contributed by atoms with van der Waals surface area (Å²) in [4.78, 5) is 12.2. The number of carbonyl (C=O) groups is 1. The molecule has 2 aromatic carbocycles. The van der Waals surface area contributed by atoms with Gasteiger partial charge >= 0.3 is 0 Å². The molecule has 1 amide bonds. The van der Waals surface area contributed by atoms with E-state index in [4.69, 9.17) is 4.74 Å². The van der Waals surface area contributed by atoms with Gasteiger partial charge in [0.2, 0.25) is 0 Å². The molecule has 0 unspecified atom stereocenters. The quantitative estimate of drug-likeness (QED) is 0.843. The first kappa shape index (κ1) is 15.6. The molecular weight excluding hydrogens is 330 g/mol. The second-order valence-electron chi connectivity index (χ2n) is 4.81. The lowest BCUT2D eigenvalue weighted by atomic mass is 10.2. The van der Waals surface area contributed by atoms with Crippen LogP contribution in [0.15, 0.2) is 46.9 Å². The van der Waals surface area contributed by atoms with Crippen molar-refractivity contribution in [2.24, 2.45) is 0 Å². The summed E-state index contributed by atoms with van der Waals surface area (Å²) in [5.74, 6) is 0.616. The van der Waals surface area contributed by atoms with Gasteiger partial charge in [-0.05, 0) is 59.6 Å².